The number of piperidine rings is 1. The van der Waals surface area contributed by atoms with Crippen molar-refractivity contribution in [3.05, 3.63) is 29.3 Å². The minimum absolute atomic E-state index is 0.144. The van der Waals surface area contributed by atoms with Gasteiger partial charge in [-0.15, -0.1) is 0 Å². The lowest BCUT2D eigenvalue weighted by Crippen LogP contribution is -2.52. The van der Waals surface area contributed by atoms with Gasteiger partial charge in [-0.2, -0.15) is 0 Å². The molecule has 146 valence electrons. The first-order valence-electron chi connectivity index (χ1n) is 9.35. The molecule has 1 aromatic rings. The summed E-state index contributed by atoms with van der Waals surface area (Å²) in [5.41, 5.74) is 2.48. The highest BCUT2D eigenvalue weighted by Gasteiger charge is 2.39. The molecule has 3 amide bonds. The van der Waals surface area contributed by atoms with Crippen molar-refractivity contribution in [1.29, 1.82) is 0 Å². The number of carbonyl (C=O) groups excluding carboxylic acids is 3. The van der Waals surface area contributed by atoms with Crippen LogP contribution >= 0.6 is 0 Å². The van der Waals surface area contributed by atoms with Crippen molar-refractivity contribution >= 4 is 23.4 Å². The van der Waals surface area contributed by atoms with E-state index in [0.29, 0.717) is 18.5 Å². The quantitative estimate of drug-likeness (QED) is 0.556. The average Bonchev–Trinajstić information content (AvgIpc) is 2.98. The molecule has 0 spiro atoms. The maximum absolute atomic E-state index is 12.8. The number of nitrogens with one attached hydrogen (secondary N) is 3. The second-order valence-corrected chi connectivity index (χ2v) is 7.07. The summed E-state index contributed by atoms with van der Waals surface area (Å²) in [7, 11) is 4.01. The molecule has 1 atom stereocenters. The van der Waals surface area contributed by atoms with E-state index < -0.39 is 6.04 Å². The number of benzene rings is 1. The van der Waals surface area contributed by atoms with Gasteiger partial charge in [0.15, 0.2) is 0 Å². The molecule has 0 aliphatic carbocycles. The van der Waals surface area contributed by atoms with Gasteiger partial charge in [-0.3, -0.25) is 19.7 Å². The monoisotopic (exact) mass is 373 g/mol. The molecule has 0 saturated carbocycles. The molecule has 1 saturated heterocycles. The van der Waals surface area contributed by atoms with Crippen LogP contribution in [0.2, 0.25) is 0 Å². The smallest absolute Gasteiger partial charge is 0.255 e. The number of amides is 3. The van der Waals surface area contributed by atoms with E-state index in [1.165, 1.54) is 0 Å². The van der Waals surface area contributed by atoms with Gasteiger partial charge in [-0.1, -0.05) is 6.07 Å². The van der Waals surface area contributed by atoms with Crippen LogP contribution in [0.25, 0.3) is 0 Å². The molecule has 2 aliphatic rings. The molecule has 0 aromatic heterocycles. The zero-order valence-corrected chi connectivity index (χ0v) is 15.9. The number of likely N-dealkylation sites (N-methyl/N-ethyl adjacent to an activating group) is 2. The van der Waals surface area contributed by atoms with Gasteiger partial charge in [0.2, 0.25) is 11.8 Å². The van der Waals surface area contributed by atoms with Crippen LogP contribution in [-0.4, -0.2) is 73.8 Å². The largest absolute Gasteiger partial charge is 0.383 e. The lowest BCUT2D eigenvalue weighted by atomic mass is 10.0. The van der Waals surface area contributed by atoms with Gasteiger partial charge in [0.1, 0.15) is 6.04 Å². The standard InChI is InChI=1S/C19H27N5O3/c1-20-8-10-23(2)11-9-21-15-5-3-4-13-14(15)12-24(19(13)27)16-6-7-17(25)22-18(16)26/h3-5,16,20-21H,6-12H2,1-2H3,(H,22,25,26). The Morgan fingerprint density at radius 2 is 2.00 bits per heavy atom. The maximum atomic E-state index is 12.8. The van der Waals surface area contributed by atoms with Gasteiger partial charge in [0.05, 0.1) is 0 Å². The second kappa shape index (κ2) is 8.49. The van der Waals surface area contributed by atoms with Crippen LogP contribution in [0.3, 0.4) is 0 Å². The van der Waals surface area contributed by atoms with E-state index in [0.717, 1.165) is 37.4 Å². The minimum Gasteiger partial charge on any atom is -0.383 e. The van der Waals surface area contributed by atoms with Crippen LogP contribution in [-0.2, 0) is 16.1 Å². The fraction of sp³-hybridized carbons (Fsp3) is 0.526. The predicted molar refractivity (Wildman–Crippen MR) is 102 cm³/mol. The third kappa shape index (κ3) is 4.28. The lowest BCUT2D eigenvalue weighted by Gasteiger charge is -2.29. The highest BCUT2D eigenvalue weighted by atomic mass is 16.2. The number of hydrogen-bond acceptors (Lipinski definition) is 6. The van der Waals surface area contributed by atoms with E-state index in [1.807, 2.05) is 19.2 Å². The molecule has 3 N–H and O–H groups in total. The zero-order chi connectivity index (χ0) is 19.4. The lowest BCUT2D eigenvalue weighted by molar-refractivity contribution is -0.136. The van der Waals surface area contributed by atoms with Crippen LogP contribution in [0.5, 0.6) is 0 Å². The molecule has 2 aliphatic heterocycles. The van der Waals surface area contributed by atoms with Crippen molar-refractivity contribution in [3.8, 4) is 0 Å². The van der Waals surface area contributed by atoms with E-state index >= 15 is 0 Å². The SMILES string of the molecule is CNCCN(C)CCNc1cccc2c1CN(C1CCC(=O)NC1=O)C2=O. The zero-order valence-electron chi connectivity index (χ0n) is 15.9. The Labute approximate surface area is 159 Å². The van der Waals surface area contributed by atoms with Gasteiger partial charge in [-0.25, -0.2) is 0 Å². The number of imide groups is 1. The van der Waals surface area contributed by atoms with E-state index in [1.54, 1.807) is 11.0 Å². The molecule has 3 rings (SSSR count). The van der Waals surface area contributed by atoms with Crippen LogP contribution in [0, 0.1) is 0 Å². The summed E-state index contributed by atoms with van der Waals surface area (Å²) in [6.45, 7) is 3.94. The highest BCUT2D eigenvalue weighted by Crippen LogP contribution is 2.32. The van der Waals surface area contributed by atoms with E-state index in [-0.39, 0.29) is 24.1 Å². The average molecular weight is 373 g/mol. The van der Waals surface area contributed by atoms with Crippen LogP contribution < -0.4 is 16.0 Å². The van der Waals surface area contributed by atoms with E-state index in [9.17, 15) is 14.4 Å². The number of hydrogen-bond donors (Lipinski definition) is 3. The molecular weight excluding hydrogens is 346 g/mol. The fourth-order valence-corrected chi connectivity index (χ4v) is 3.55. The summed E-state index contributed by atoms with van der Waals surface area (Å²) in [4.78, 5) is 40.1. The van der Waals surface area contributed by atoms with Crippen LogP contribution in [0.4, 0.5) is 5.69 Å². The fourth-order valence-electron chi connectivity index (χ4n) is 3.55. The molecule has 2 heterocycles. The summed E-state index contributed by atoms with van der Waals surface area (Å²) >= 11 is 0. The summed E-state index contributed by atoms with van der Waals surface area (Å²) in [6.07, 6.45) is 0.643. The summed E-state index contributed by atoms with van der Waals surface area (Å²) < 4.78 is 0. The molecule has 27 heavy (non-hydrogen) atoms. The summed E-state index contributed by atoms with van der Waals surface area (Å²) in [6, 6.07) is 5.04. The third-order valence-corrected chi connectivity index (χ3v) is 5.13. The topological polar surface area (TPSA) is 93.8 Å². The third-order valence-electron chi connectivity index (χ3n) is 5.13. The number of nitrogens with zero attached hydrogens (tertiary/aromatic N) is 2. The Balaban J connectivity index is 1.65. The first kappa shape index (κ1) is 19.3. The van der Waals surface area contributed by atoms with Gasteiger partial charge in [-0.05, 0) is 32.6 Å². The Hall–Kier alpha value is -2.45. The Kier molecular flexibility index (Phi) is 6.08. The molecule has 8 nitrogen and oxygen atoms in total. The van der Waals surface area contributed by atoms with Crippen LogP contribution in [0.15, 0.2) is 18.2 Å². The number of carbonyl (C=O) groups is 3. The normalized spacial score (nSPS) is 19.4. The van der Waals surface area contributed by atoms with E-state index in [2.05, 4.69) is 27.9 Å². The van der Waals surface area contributed by atoms with Crippen molar-refractivity contribution < 1.29 is 14.4 Å². The van der Waals surface area contributed by atoms with Crippen molar-refractivity contribution in [1.82, 2.24) is 20.4 Å². The first-order chi connectivity index (χ1) is 13.0. The highest BCUT2D eigenvalue weighted by molar-refractivity contribution is 6.06. The van der Waals surface area contributed by atoms with Crippen LogP contribution in [0.1, 0.15) is 28.8 Å². The van der Waals surface area contributed by atoms with E-state index in [4.69, 9.17) is 0 Å². The van der Waals surface area contributed by atoms with Gasteiger partial charge in [0, 0.05) is 56.0 Å². The van der Waals surface area contributed by atoms with Gasteiger partial charge < -0.3 is 20.4 Å². The van der Waals surface area contributed by atoms with Gasteiger partial charge >= 0.3 is 0 Å². The molecule has 0 radical (unpaired) electrons. The Bertz CT molecular complexity index is 736. The Morgan fingerprint density at radius 1 is 1.22 bits per heavy atom. The maximum Gasteiger partial charge on any atom is 0.255 e. The minimum atomic E-state index is -0.580. The Morgan fingerprint density at radius 3 is 2.74 bits per heavy atom. The summed E-state index contributed by atoms with van der Waals surface area (Å²) in [5, 5.41) is 8.88. The summed E-state index contributed by atoms with van der Waals surface area (Å²) in [5.74, 6) is -0.799. The van der Waals surface area contributed by atoms with Crippen molar-refractivity contribution in [2.24, 2.45) is 0 Å². The van der Waals surface area contributed by atoms with Crippen molar-refractivity contribution in [2.45, 2.75) is 25.4 Å². The molecule has 1 unspecified atom stereocenters. The molecule has 1 fully saturated rings. The molecule has 1 aromatic carbocycles. The predicted octanol–water partition coefficient (Wildman–Crippen LogP) is 0.0107. The van der Waals surface area contributed by atoms with Crippen molar-refractivity contribution in [3.63, 3.8) is 0 Å². The molecule has 0 bridgehead atoms. The second-order valence-electron chi connectivity index (χ2n) is 7.07. The molecule has 8 heteroatoms. The molecular formula is C19H27N5O3. The number of fused-ring (bicyclic) bond motifs is 1. The van der Waals surface area contributed by atoms with Gasteiger partial charge in [0.25, 0.3) is 5.91 Å². The number of anilines is 1. The van der Waals surface area contributed by atoms with Crippen molar-refractivity contribution in [2.75, 3.05) is 45.6 Å². The number of rotatable bonds is 8. The first-order valence-corrected chi connectivity index (χ1v) is 9.35.